The summed E-state index contributed by atoms with van der Waals surface area (Å²) in [5, 5.41) is 17.7. The van der Waals surface area contributed by atoms with Crippen molar-refractivity contribution in [1.29, 1.82) is 0 Å². The van der Waals surface area contributed by atoms with Gasteiger partial charge in [-0.25, -0.2) is 0 Å². The molecule has 4 heteroatoms. The van der Waals surface area contributed by atoms with Gasteiger partial charge in [0.2, 0.25) is 0 Å². The summed E-state index contributed by atoms with van der Waals surface area (Å²) in [5.74, 6) is 0. The van der Waals surface area contributed by atoms with Crippen LogP contribution in [-0.4, -0.2) is 11.7 Å². The molecule has 0 radical (unpaired) electrons. The van der Waals surface area contributed by atoms with Crippen molar-refractivity contribution < 1.29 is 5.11 Å². The number of benzene rings is 1. The van der Waals surface area contributed by atoms with Gasteiger partial charge in [-0.05, 0) is 34.0 Å². The van der Waals surface area contributed by atoms with Gasteiger partial charge in [-0.1, -0.05) is 29.8 Å². The van der Waals surface area contributed by atoms with Crippen LogP contribution in [0.5, 0.6) is 0 Å². The molecule has 90 valence electrons. The van der Waals surface area contributed by atoms with Crippen LogP contribution in [0.3, 0.4) is 0 Å². The molecule has 0 aliphatic carbocycles. The first-order valence-corrected chi connectivity index (χ1v) is 6.73. The standard InChI is InChI=1S/C13H14ClNOS/c14-12-4-2-1-3-10(12)7-15-8-13(16)11-5-6-17-9-11/h1-6,9,13,15-16H,7-8H2/t13-/m1/s1. The second-order valence-electron chi connectivity index (χ2n) is 3.79. The average molecular weight is 268 g/mol. The molecule has 1 aromatic carbocycles. The van der Waals surface area contributed by atoms with E-state index >= 15 is 0 Å². The quantitative estimate of drug-likeness (QED) is 0.872. The van der Waals surface area contributed by atoms with Gasteiger partial charge in [0.25, 0.3) is 0 Å². The Labute approximate surface area is 110 Å². The Balaban J connectivity index is 1.82. The average Bonchev–Trinajstić information content (AvgIpc) is 2.85. The molecule has 0 aliphatic rings. The Hall–Kier alpha value is -0.870. The molecule has 1 aromatic heterocycles. The van der Waals surface area contributed by atoms with Crippen LogP contribution in [0.1, 0.15) is 17.2 Å². The van der Waals surface area contributed by atoms with Crippen LogP contribution in [0.4, 0.5) is 0 Å². The second kappa shape index (κ2) is 6.17. The number of rotatable bonds is 5. The third kappa shape index (κ3) is 3.54. The van der Waals surface area contributed by atoms with Gasteiger partial charge >= 0.3 is 0 Å². The molecule has 0 aliphatic heterocycles. The van der Waals surface area contributed by atoms with Gasteiger partial charge in [-0.2, -0.15) is 11.3 Å². The maximum Gasteiger partial charge on any atom is 0.0922 e. The molecule has 2 aromatic rings. The van der Waals surface area contributed by atoms with Gasteiger partial charge in [-0.15, -0.1) is 0 Å². The van der Waals surface area contributed by atoms with Crippen LogP contribution in [0.15, 0.2) is 41.1 Å². The van der Waals surface area contributed by atoms with Crippen molar-refractivity contribution >= 4 is 22.9 Å². The topological polar surface area (TPSA) is 32.3 Å². The molecule has 0 unspecified atom stereocenters. The summed E-state index contributed by atoms with van der Waals surface area (Å²) >= 11 is 7.63. The number of aliphatic hydroxyl groups is 1. The van der Waals surface area contributed by atoms with E-state index in [-0.39, 0.29) is 0 Å². The smallest absolute Gasteiger partial charge is 0.0922 e. The maximum atomic E-state index is 9.87. The fourth-order valence-corrected chi connectivity index (χ4v) is 2.48. The van der Waals surface area contributed by atoms with Crippen LogP contribution in [0.25, 0.3) is 0 Å². The van der Waals surface area contributed by atoms with Gasteiger partial charge in [0.1, 0.15) is 0 Å². The zero-order chi connectivity index (χ0) is 12.1. The SMILES string of the molecule is O[C@H](CNCc1ccccc1Cl)c1ccsc1. The molecule has 0 bridgehead atoms. The first-order chi connectivity index (χ1) is 8.27. The van der Waals surface area contributed by atoms with E-state index in [1.165, 1.54) is 0 Å². The summed E-state index contributed by atoms with van der Waals surface area (Å²) in [6.45, 7) is 1.20. The van der Waals surface area contributed by atoms with Gasteiger partial charge in [-0.3, -0.25) is 0 Å². The molecule has 1 atom stereocenters. The lowest BCUT2D eigenvalue weighted by Gasteiger charge is -2.11. The summed E-state index contributed by atoms with van der Waals surface area (Å²) in [4.78, 5) is 0. The maximum absolute atomic E-state index is 9.87. The van der Waals surface area contributed by atoms with Crippen molar-refractivity contribution in [3.8, 4) is 0 Å². The Morgan fingerprint density at radius 3 is 2.82 bits per heavy atom. The lowest BCUT2D eigenvalue weighted by Crippen LogP contribution is -2.20. The van der Waals surface area contributed by atoms with Gasteiger partial charge in [0.15, 0.2) is 0 Å². The third-order valence-corrected chi connectivity index (χ3v) is 3.61. The molecule has 2 N–H and O–H groups in total. The molecule has 0 amide bonds. The van der Waals surface area contributed by atoms with Crippen LogP contribution in [0.2, 0.25) is 5.02 Å². The number of thiophene rings is 1. The molecular formula is C13H14ClNOS. The number of hydrogen-bond acceptors (Lipinski definition) is 3. The largest absolute Gasteiger partial charge is 0.387 e. The van der Waals surface area contributed by atoms with Crippen LogP contribution in [-0.2, 0) is 6.54 Å². The van der Waals surface area contributed by atoms with E-state index in [0.717, 1.165) is 16.1 Å². The minimum absolute atomic E-state index is 0.455. The number of halogens is 1. The fraction of sp³-hybridized carbons (Fsp3) is 0.231. The fourth-order valence-electron chi connectivity index (χ4n) is 1.57. The van der Waals surface area contributed by atoms with E-state index in [9.17, 15) is 5.11 Å². The van der Waals surface area contributed by atoms with Crippen molar-refractivity contribution in [2.24, 2.45) is 0 Å². The number of nitrogens with one attached hydrogen (secondary N) is 1. The van der Waals surface area contributed by atoms with Crippen LogP contribution < -0.4 is 5.32 Å². The minimum Gasteiger partial charge on any atom is -0.387 e. The van der Waals surface area contributed by atoms with Crippen molar-refractivity contribution in [1.82, 2.24) is 5.32 Å². The summed E-state index contributed by atoms with van der Waals surface area (Å²) in [6.07, 6.45) is -0.455. The number of aliphatic hydroxyl groups excluding tert-OH is 1. The molecule has 1 heterocycles. The molecule has 0 saturated carbocycles. The van der Waals surface area contributed by atoms with E-state index in [0.29, 0.717) is 13.1 Å². The van der Waals surface area contributed by atoms with Gasteiger partial charge < -0.3 is 10.4 Å². The normalized spacial score (nSPS) is 12.6. The van der Waals surface area contributed by atoms with E-state index in [2.05, 4.69) is 5.32 Å². The predicted molar refractivity (Wildman–Crippen MR) is 72.4 cm³/mol. The van der Waals surface area contributed by atoms with E-state index in [1.54, 1.807) is 11.3 Å². The van der Waals surface area contributed by atoms with Gasteiger partial charge in [0, 0.05) is 18.1 Å². The summed E-state index contributed by atoms with van der Waals surface area (Å²) in [7, 11) is 0. The lowest BCUT2D eigenvalue weighted by molar-refractivity contribution is 0.175. The molecule has 0 saturated heterocycles. The zero-order valence-electron chi connectivity index (χ0n) is 9.27. The molecule has 17 heavy (non-hydrogen) atoms. The van der Waals surface area contributed by atoms with Crippen molar-refractivity contribution in [3.05, 3.63) is 57.2 Å². The summed E-state index contributed by atoms with van der Waals surface area (Å²) in [6, 6.07) is 9.65. The summed E-state index contributed by atoms with van der Waals surface area (Å²) in [5.41, 5.74) is 2.01. The Morgan fingerprint density at radius 1 is 1.29 bits per heavy atom. The molecule has 2 rings (SSSR count). The van der Waals surface area contributed by atoms with Crippen LogP contribution in [0, 0.1) is 0 Å². The highest BCUT2D eigenvalue weighted by Crippen LogP contribution is 2.17. The van der Waals surface area contributed by atoms with Crippen molar-refractivity contribution in [2.45, 2.75) is 12.6 Å². The Bertz CT molecular complexity index is 458. The van der Waals surface area contributed by atoms with Crippen LogP contribution >= 0.6 is 22.9 Å². The van der Waals surface area contributed by atoms with Crippen molar-refractivity contribution in [2.75, 3.05) is 6.54 Å². The lowest BCUT2D eigenvalue weighted by atomic mass is 10.2. The minimum atomic E-state index is -0.455. The Morgan fingerprint density at radius 2 is 2.12 bits per heavy atom. The zero-order valence-corrected chi connectivity index (χ0v) is 10.8. The highest BCUT2D eigenvalue weighted by Gasteiger charge is 2.07. The van der Waals surface area contributed by atoms with E-state index < -0.39 is 6.10 Å². The second-order valence-corrected chi connectivity index (χ2v) is 4.98. The van der Waals surface area contributed by atoms with Crippen molar-refractivity contribution in [3.63, 3.8) is 0 Å². The summed E-state index contributed by atoms with van der Waals surface area (Å²) < 4.78 is 0. The van der Waals surface area contributed by atoms with E-state index in [1.807, 2.05) is 41.1 Å². The van der Waals surface area contributed by atoms with Gasteiger partial charge in [0.05, 0.1) is 6.10 Å². The number of hydrogen-bond donors (Lipinski definition) is 2. The van der Waals surface area contributed by atoms with E-state index in [4.69, 9.17) is 11.6 Å². The molecule has 2 nitrogen and oxygen atoms in total. The Kier molecular flexibility index (Phi) is 4.57. The highest BCUT2D eigenvalue weighted by molar-refractivity contribution is 7.07. The first kappa shape index (κ1) is 12.6. The monoisotopic (exact) mass is 267 g/mol. The highest BCUT2D eigenvalue weighted by atomic mass is 35.5. The molecular weight excluding hydrogens is 254 g/mol. The third-order valence-electron chi connectivity index (χ3n) is 2.54. The first-order valence-electron chi connectivity index (χ1n) is 5.41. The molecule has 0 fully saturated rings. The predicted octanol–water partition coefficient (Wildman–Crippen LogP) is 3.22. The molecule has 0 spiro atoms.